The van der Waals surface area contributed by atoms with Gasteiger partial charge in [0.1, 0.15) is 5.75 Å². The molecular weight excluding hydrogens is 234 g/mol. The number of methoxy groups -OCH3 is 1. The molecule has 0 amide bonds. The zero-order valence-corrected chi connectivity index (χ0v) is 11.8. The highest BCUT2D eigenvalue weighted by atomic mass is 16.5. The standard InChI is InChI=1S/C17H23NO/c1-3-12-18-13-10-16(11-14-18)5-4-15-6-8-17(19-2)9-7-15/h1,6-9,16H,4-5,10-14H2,2H3. The smallest absolute Gasteiger partial charge is 0.118 e. The van der Waals surface area contributed by atoms with Gasteiger partial charge in [0.2, 0.25) is 0 Å². The number of ether oxygens (including phenoxy) is 1. The van der Waals surface area contributed by atoms with Crippen LogP contribution in [0.5, 0.6) is 5.75 Å². The number of terminal acetylenes is 1. The Bertz CT molecular complexity index is 410. The molecule has 0 unspecified atom stereocenters. The van der Waals surface area contributed by atoms with Gasteiger partial charge in [-0.3, -0.25) is 4.90 Å². The first-order valence-corrected chi connectivity index (χ1v) is 7.10. The number of rotatable bonds is 5. The summed E-state index contributed by atoms with van der Waals surface area (Å²) in [6, 6.07) is 8.44. The van der Waals surface area contributed by atoms with Crippen molar-refractivity contribution in [3.8, 4) is 18.1 Å². The van der Waals surface area contributed by atoms with Gasteiger partial charge in [-0.25, -0.2) is 0 Å². The molecule has 1 aliphatic heterocycles. The van der Waals surface area contributed by atoms with E-state index in [0.717, 1.165) is 31.3 Å². The third-order valence-electron chi connectivity index (χ3n) is 4.02. The summed E-state index contributed by atoms with van der Waals surface area (Å²) in [6.45, 7) is 3.14. The highest BCUT2D eigenvalue weighted by molar-refractivity contribution is 5.27. The minimum atomic E-state index is 0.811. The second kappa shape index (κ2) is 7.21. The molecule has 0 aromatic heterocycles. The Kier molecular flexibility index (Phi) is 5.30. The second-order valence-electron chi connectivity index (χ2n) is 5.31. The first-order valence-electron chi connectivity index (χ1n) is 7.10. The van der Waals surface area contributed by atoms with Crippen LogP contribution in [0.3, 0.4) is 0 Å². The molecule has 0 radical (unpaired) electrons. The van der Waals surface area contributed by atoms with Gasteiger partial charge in [-0.05, 0) is 62.4 Å². The van der Waals surface area contributed by atoms with E-state index in [-0.39, 0.29) is 0 Å². The van der Waals surface area contributed by atoms with Gasteiger partial charge in [-0.1, -0.05) is 18.1 Å². The van der Waals surface area contributed by atoms with E-state index < -0.39 is 0 Å². The van der Waals surface area contributed by atoms with Crippen molar-refractivity contribution in [1.82, 2.24) is 4.90 Å². The average Bonchev–Trinajstić information content (AvgIpc) is 2.47. The van der Waals surface area contributed by atoms with Crippen LogP contribution in [0.15, 0.2) is 24.3 Å². The van der Waals surface area contributed by atoms with Gasteiger partial charge in [0, 0.05) is 0 Å². The molecule has 0 spiro atoms. The summed E-state index contributed by atoms with van der Waals surface area (Å²) in [6.07, 6.45) is 10.4. The maximum atomic E-state index is 5.35. The molecule has 1 saturated heterocycles. The van der Waals surface area contributed by atoms with Crippen LogP contribution in [0.25, 0.3) is 0 Å². The predicted octanol–water partition coefficient (Wildman–Crippen LogP) is 2.97. The van der Waals surface area contributed by atoms with Crippen molar-refractivity contribution in [2.75, 3.05) is 26.7 Å². The molecule has 0 saturated carbocycles. The molecule has 2 heteroatoms. The highest BCUT2D eigenvalue weighted by Gasteiger charge is 2.18. The van der Waals surface area contributed by atoms with Crippen molar-refractivity contribution in [3.05, 3.63) is 29.8 Å². The topological polar surface area (TPSA) is 12.5 Å². The molecule has 19 heavy (non-hydrogen) atoms. The van der Waals surface area contributed by atoms with Gasteiger partial charge >= 0.3 is 0 Å². The van der Waals surface area contributed by atoms with Crippen molar-refractivity contribution in [2.45, 2.75) is 25.7 Å². The Morgan fingerprint density at radius 1 is 1.26 bits per heavy atom. The van der Waals surface area contributed by atoms with Gasteiger partial charge in [0.05, 0.1) is 13.7 Å². The molecule has 1 fully saturated rings. The third-order valence-corrected chi connectivity index (χ3v) is 4.02. The van der Waals surface area contributed by atoms with Crippen LogP contribution >= 0.6 is 0 Å². The summed E-state index contributed by atoms with van der Waals surface area (Å²) < 4.78 is 5.18. The highest BCUT2D eigenvalue weighted by Crippen LogP contribution is 2.22. The molecule has 0 aliphatic carbocycles. The first-order chi connectivity index (χ1) is 9.31. The van der Waals surface area contributed by atoms with E-state index >= 15 is 0 Å². The van der Waals surface area contributed by atoms with Crippen LogP contribution in [0.2, 0.25) is 0 Å². The van der Waals surface area contributed by atoms with Gasteiger partial charge in [-0.2, -0.15) is 0 Å². The molecule has 0 bridgehead atoms. The Balaban J connectivity index is 1.72. The number of nitrogens with zero attached hydrogens (tertiary/aromatic N) is 1. The van der Waals surface area contributed by atoms with Gasteiger partial charge in [-0.15, -0.1) is 6.42 Å². The van der Waals surface area contributed by atoms with Crippen LogP contribution in [-0.2, 0) is 6.42 Å². The zero-order chi connectivity index (χ0) is 13.5. The van der Waals surface area contributed by atoms with Crippen LogP contribution in [0, 0.1) is 18.3 Å². The lowest BCUT2D eigenvalue weighted by Crippen LogP contribution is -2.34. The van der Waals surface area contributed by atoms with E-state index in [1.807, 2.05) is 12.1 Å². The van der Waals surface area contributed by atoms with Crippen molar-refractivity contribution in [3.63, 3.8) is 0 Å². The van der Waals surface area contributed by atoms with E-state index in [1.165, 1.54) is 31.2 Å². The molecule has 2 rings (SSSR count). The number of piperidine rings is 1. The quantitative estimate of drug-likeness (QED) is 0.752. The molecule has 1 aliphatic rings. The number of likely N-dealkylation sites (tertiary alicyclic amines) is 1. The Labute approximate surface area is 116 Å². The van der Waals surface area contributed by atoms with E-state index in [1.54, 1.807) is 7.11 Å². The normalized spacial score (nSPS) is 17.1. The largest absolute Gasteiger partial charge is 0.497 e. The molecule has 1 aromatic carbocycles. The zero-order valence-electron chi connectivity index (χ0n) is 11.8. The fraction of sp³-hybridized carbons (Fsp3) is 0.529. The lowest BCUT2D eigenvalue weighted by atomic mass is 9.90. The monoisotopic (exact) mass is 257 g/mol. The summed E-state index contributed by atoms with van der Waals surface area (Å²) in [5.41, 5.74) is 1.41. The SMILES string of the molecule is C#CCN1CCC(CCc2ccc(OC)cc2)CC1. The summed E-state index contributed by atoms with van der Waals surface area (Å²) in [5.74, 6) is 4.53. The van der Waals surface area contributed by atoms with Crippen LogP contribution < -0.4 is 4.74 Å². The lowest BCUT2D eigenvalue weighted by molar-refractivity contribution is 0.197. The minimum Gasteiger partial charge on any atom is -0.497 e. The summed E-state index contributed by atoms with van der Waals surface area (Å²) in [5, 5.41) is 0. The van der Waals surface area contributed by atoms with Gasteiger partial charge in [0.25, 0.3) is 0 Å². The van der Waals surface area contributed by atoms with E-state index in [9.17, 15) is 0 Å². The molecule has 1 heterocycles. The number of benzene rings is 1. The predicted molar refractivity (Wildman–Crippen MR) is 79.3 cm³/mol. The first kappa shape index (κ1) is 14.0. The lowest BCUT2D eigenvalue weighted by Gasteiger charge is -2.30. The number of aryl methyl sites for hydroxylation is 1. The Morgan fingerprint density at radius 2 is 1.95 bits per heavy atom. The Hall–Kier alpha value is -1.46. The summed E-state index contributed by atoms with van der Waals surface area (Å²) in [4.78, 5) is 2.38. The molecule has 0 atom stereocenters. The second-order valence-corrected chi connectivity index (χ2v) is 5.31. The molecule has 1 aromatic rings. The van der Waals surface area contributed by atoms with Crippen molar-refractivity contribution in [2.24, 2.45) is 5.92 Å². The van der Waals surface area contributed by atoms with Crippen molar-refractivity contribution in [1.29, 1.82) is 0 Å². The fourth-order valence-corrected chi connectivity index (χ4v) is 2.73. The average molecular weight is 257 g/mol. The third kappa shape index (κ3) is 4.29. The van der Waals surface area contributed by atoms with Gasteiger partial charge in [0.15, 0.2) is 0 Å². The van der Waals surface area contributed by atoms with Gasteiger partial charge < -0.3 is 4.74 Å². The summed E-state index contributed by atoms with van der Waals surface area (Å²) >= 11 is 0. The summed E-state index contributed by atoms with van der Waals surface area (Å²) in [7, 11) is 1.71. The van der Waals surface area contributed by atoms with Crippen molar-refractivity contribution < 1.29 is 4.74 Å². The molecular formula is C17H23NO. The van der Waals surface area contributed by atoms with E-state index in [4.69, 9.17) is 11.2 Å². The molecule has 0 N–H and O–H groups in total. The van der Waals surface area contributed by atoms with Crippen LogP contribution in [-0.4, -0.2) is 31.6 Å². The maximum absolute atomic E-state index is 5.35. The van der Waals surface area contributed by atoms with Crippen LogP contribution in [0.4, 0.5) is 0 Å². The number of hydrogen-bond donors (Lipinski definition) is 0. The molecule has 102 valence electrons. The van der Waals surface area contributed by atoms with E-state index in [2.05, 4.69) is 23.0 Å². The number of hydrogen-bond acceptors (Lipinski definition) is 2. The Morgan fingerprint density at radius 3 is 2.53 bits per heavy atom. The van der Waals surface area contributed by atoms with Crippen molar-refractivity contribution >= 4 is 0 Å². The maximum Gasteiger partial charge on any atom is 0.118 e. The van der Waals surface area contributed by atoms with E-state index in [0.29, 0.717) is 0 Å². The molecule has 2 nitrogen and oxygen atoms in total. The fourth-order valence-electron chi connectivity index (χ4n) is 2.73. The minimum absolute atomic E-state index is 0.811. The van der Waals surface area contributed by atoms with Crippen LogP contribution in [0.1, 0.15) is 24.8 Å².